The number of carbonyl (C=O) groups is 2. The number of aryl methyl sites for hydroxylation is 1. The fourth-order valence-electron chi connectivity index (χ4n) is 3.47. The van der Waals surface area contributed by atoms with E-state index in [1.54, 1.807) is 12.1 Å². The number of hydrogen-bond donors (Lipinski definition) is 1. The molecule has 1 saturated heterocycles. The number of thioether (sulfide) groups is 1. The first-order valence-electron chi connectivity index (χ1n) is 10.3. The summed E-state index contributed by atoms with van der Waals surface area (Å²) in [7, 11) is 0. The summed E-state index contributed by atoms with van der Waals surface area (Å²) in [5, 5.41) is 12.3. The number of benzene rings is 3. The highest BCUT2D eigenvalue weighted by Crippen LogP contribution is 2.42. The van der Waals surface area contributed by atoms with Crippen LogP contribution in [0.5, 0.6) is 0 Å². The van der Waals surface area contributed by atoms with E-state index in [9.17, 15) is 19.2 Å². The molecule has 1 fully saturated rings. The zero-order valence-electron chi connectivity index (χ0n) is 17.8. The second kappa shape index (κ2) is 9.72. The molecule has 3 aromatic rings. The van der Waals surface area contributed by atoms with Crippen molar-refractivity contribution >= 4 is 35.0 Å². The minimum atomic E-state index is -0.607. The van der Waals surface area contributed by atoms with E-state index in [4.69, 9.17) is 0 Å². The molecule has 1 atom stereocenters. The maximum atomic E-state index is 13.5. The zero-order valence-corrected chi connectivity index (χ0v) is 18.6. The molecule has 1 N–H and O–H groups in total. The van der Waals surface area contributed by atoms with Crippen LogP contribution in [0.25, 0.3) is 0 Å². The lowest BCUT2D eigenvalue weighted by molar-refractivity contribution is -0.117. The number of carbonyl (C=O) groups excluding carboxylic acids is 2. The van der Waals surface area contributed by atoms with Crippen LogP contribution >= 0.6 is 11.8 Å². The van der Waals surface area contributed by atoms with Crippen LogP contribution in [-0.4, -0.2) is 17.1 Å². The van der Waals surface area contributed by atoms with Gasteiger partial charge in [0.25, 0.3) is 5.91 Å². The molecule has 0 aromatic heterocycles. The minimum Gasteiger partial charge on any atom is -0.321 e. The molecule has 33 heavy (non-hydrogen) atoms. The van der Waals surface area contributed by atoms with Gasteiger partial charge in [0.2, 0.25) is 5.91 Å². The lowest BCUT2D eigenvalue weighted by Crippen LogP contribution is -2.30. The van der Waals surface area contributed by atoms with Gasteiger partial charge < -0.3 is 5.32 Å². The average molecular weight is 458 g/mol. The number of halogens is 1. The highest BCUT2D eigenvalue weighted by molar-refractivity contribution is 8.05. The van der Waals surface area contributed by atoms with Gasteiger partial charge in [-0.1, -0.05) is 59.8 Å². The Morgan fingerprint density at radius 3 is 2.36 bits per heavy atom. The summed E-state index contributed by atoms with van der Waals surface area (Å²) in [5.41, 5.74) is 2.77. The third-order valence-electron chi connectivity index (χ3n) is 5.16. The first-order chi connectivity index (χ1) is 16.0. The third-order valence-corrected chi connectivity index (χ3v) is 6.43. The van der Waals surface area contributed by atoms with E-state index < -0.39 is 17.0 Å². The van der Waals surface area contributed by atoms with E-state index in [-0.39, 0.29) is 16.5 Å². The van der Waals surface area contributed by atoms with Gasteiger partial charge in [0.05, 0.1) is 5.25 Å². The van der Waals surface area contributed by atoms with Gasteiger partial charge in [0.1, 0.15) is 22.5 Å². The summed E-state index contributed by atoms with van der Waals surface area (Å²) in [5.74, 6) is -1.31. The van der Waals surface area contributed by atoms with Crippen LogP contribution in [-0.2, 0) is 16.0 Å². The quantitative estimate of drug-likeness (QED) is 0.422. The molecule has 0 spiro atoms. The molecule has 5 nitrogen and oxygen atoms in total. The number of anilines is 2. The maximum Gasteiger partial charge on any atom is 0.269 e. The maximum absolute atomic E-state index is 13.5. The van der Waals surface area contributed by atoms with Crippen molar-refractivity contribution in [2.75, 3.05) is 10.2 Å². The number of amides is 2. The SMILES string of the molecule is Cc1ccc(NC(=O)/C(C#N)=C2\SC(Cc3ccccc3)C(=O)N2c2ccc(F)cc2)cc1. The molecular formula is C26H20FN3O2S. The summed E-state index contributed by atoms with van der Waals surface area (Å²) >= 11 is 1.17. The van der Waals surface area contributed by atoms with Crippen molar-refractivity contribution in [2.24, 2.45) is 0 Å². The first kappa shape index (κ1) is 22.3. The van der Waals surface area contributed by atoms with Gasteiger partial charge >= 0.3 is 0 Å². The highest BCUT2D eigenvalue weighted by atomic mass is 32.2. The molecule has 1 heterocycles. The standard InChI is InChI=1S/C26H20FN3O2S/c1-17-7-11-20(12-8-17)29-24(31)22(16-28)26-30(21-13-9-19(27)10-14-21)25(32)23(33-26)15-18-5-3-2-4-6-18/h2-14,23H,15H2,1H3,(H,29,31)/b26-22-. The Balaban J connectivity index is 1.72. The van der Waals surface area contributed by atoms with Crippen LogP contribution in [0.4, 0.5) is 15.8 Å². The predicted molar refractivity (Wildman–Crippen MR) is 128 cm³/mol. The number of hydrogen-bond acceptors (Lipinski definition) is 4. The van der Waals surface area contributed by atoms with Crippen LogP contribution in [0.15, 0.2) is 89.5 Å². The van der Waals surface area contributed by atoms with Crippen molar-refractivity contribution < 1.29 is 14.0 Å². The highest BCUT2D eigenvalue weighted by Gasteiger charge is 2.40. The Hall–Kier alpha value is -3.89. The van der Waals surface area contributed by atoms with Crippen LogP contribution in [0.3, 0.4) is 0 Å². The molecule has 0 radical (unpaired) electrons. The number of nitriles is 1. The third kappa shape index (κ3) is 4.97. The molecular weight excluding hydrogens is 437 g/mol. The second-order valence-electron chi connectivity index (χ2n) is 7.56. The Labute approximate surface area is 195 Å². The second-order valence-corrected chi connectivity index (χ2v) is 8.75. The minimum absolute atomic E-state index is 0.172. The van der Waals surface area contributed by atoms with Crippen molar-refractivity contribution in [3.05, 3.63) is 106 Å². The van der Waals surface area contributed by atoms with E-state index >= 15 is 0 Å². The fourth-order valence-corrected chi connectivity index (χ4v) is 4.78. The van der Waals surface area contributed by atoms with E-state index in [2.05, 4.69) is 5.32 Å². The van der Waals surface area contributed by atoms with Crippen molar-refractivity contribution in [3.63, 3.8) is 0 Å². The summed E-state index contributed by atoms with van der Waals surface area (Å²) < 4.78 is 13.5. The van der Waals surface area contributed by atoms with E-state index in [1.165, 1.54) is 40.9 Å². The van der Waals surface area contributed by atoms with Crippen molar-refractivity contribution in [1.29, 1.82) is 5.26 Å². The Morgan fingerprint density at radius 1 is 1.06 bits per heavy atom. The Bertz CT molecular complexity index is 1250. The number of nitrogens with zero attached hydrogens (tertiary/aromatic N) is 2. The van der Waals surface area contributed by atoms with Gasteiger partial charge in [-0.05, 0) is 55.3 Å². The number of nitrogens with one attached hydrogen (secondary N) is 1. The van der Waals surface area contributed by atoms with Crippen molar-refractivity contribution in [3.8, 4) is 6.07 Å². The van der Waals surface area contributed by atoms with E-state index in [1.807, 2.05) is 55.5 Å². The molecule has 0 bridgehead atoms. The van der Waals surface area contributed by atoms with Gasteiger partial charge in [0, 0.05) is 11.4 Å². The van der Waals surface area contributed by atoms with Crippen LogP contribution in [0.2, 0.25) is 0 Å². The zero-order chi connectivity index (χ0) is 23.4. The largest absolute Gasteiger partial charge is 0.321 e. The van der Waals surface area contributed by atoms with E-state index in [0.717, 1.165) is 11.1 Å². The molecule has 3 aromatic carbocycles. The molecule has 0 aliphatic carbocycles. The van der Waals surface area contributed by atoms with Gasteiger partial charge in [-0.25, -0.2) is 4.39 Å². The van der Waals surface area contributed by atoms with Crippen molar-refractivity contribution in [2.45, 2.75) is 18.6 Å². The Morgan fingerprint density at radius 2 is 1.73 bits per heavy atom. The van der Waals surface area contributed by atoms with Gasteiger partial charge in [-0.2, -0.15) is 5.26 Å². The molecule has 4 rings (SSSR count). The van der Waals surface area contributed by atoms with Crippen LogP contribution < -0.4 is 10.2 Å². The molecule has 1 aliphatic heterocycles. The number of rotatable bonds is 5. The van der Waals surface area contributed by atoms with E-state index in [0.29, 0.717) is 17.8 Å². The monoisotopic (exact) mass is 457 g/mol. The summed E-state index contributed by atoms with van der Waals surface area (Å²) in [6.07, 6.45) is 0.434. The lowest BCUT2D eigenvalue weighted by Gasteiger charge is -2.18. The molecule has 7 heteroatoms. The molecule has 0 saturated carbocycles. The normalized spacial score (nSPS) is 16.9. The smallest absolute Gasteiger partial charge is 0.269 e. The lowest BCUT2D eigenvalue weighted by atomic mass is 10.1. The van der Waals surface area contributed by atoms with Crippen LogP contribution in [0.1, 0.15) is 11.1 Å². The topological polar surface area (TPSA) is 73.2 Å². The Kier molecular flexibility index (Phi) is 6.57. The average Bonchev–Trinajstić information content (AvgIpc) is 3.12. The van der Waals surface area contributed by atoms with Gasteiger partial charge in [0.15, 0.2) is 0 Å². The van der Waals surface area contributed by atoms with Gasteiger partial charge in [-0.15, -0.1) is 0 Å². The molecule has 164 valence electrons. The summed E-state index contributed by atoms with van der Waals surface area (Å²) in [6, 6.07) is 24.1. The molecule has 1 unspecified atom stereocenters. The van der Waals surface area contributed by atoms with Gasteiger partial charge in [-0.3, -0.25) is 14.5 Å². The fraction of sp³-hybridized carbons (Fsp3) is 0.115. The molecule has 1 aliphatic rings. The predicted octanol–water partition coefficient (Wildman–Crippen LogP) is 5.20. The van der Waals surface area contributed by atoms with Crippen LogP contribution in [0, 0.1) is 24.1 Å². The summed E-state index contributed by atoms with van der Waals surface area (Å²) in [4.78, 5) is 27.7. The first-order valence-corrected chi connectivity index (χ1v) is 11.2. The molecule has 2 amide bonds. The van der Waals surface area contributed by atoms with Crippen molar-refractivity contribution in [1.82, 2.24) is 0 Å². The summed E-state index contributed by atoms with van der Waals surface area (Å²) in [6.45, 7) is 1.93.